The van der Waals surface area contributed by atoms with E-state index >= 15 is 0 Å². The summed E-state index contributed by atoms with van der Waals surface area (Å²) in [5.41, 5.74) is 1.24. The van der Waals surface area contributed by atoms with Gasteiger partial charge in [-0.3, -0.25) is 4.79 Å². The van der Waals surface area contributed by atoms with Crippen LogP contribution >= 0.6 is 0 Å². The Hall–Kier alpha value is -1.40. The molecule has 0 saturated heterocycles. The van der Waals surface area contributed by atoms with Crippen molar-refractivity contribution >= 4 is 16.0 Å². The Balaban J connectivity index is 2.45. The molecule has 1 saturated carbocycles. The van der Waals surface area contributed by atoms with Gasteiger partial charge in [-0.05, 0) is 44.7 Å². The van der Waals surface area contributed by atoms with E-state index in [0.717, 1.165) is 24.8 Å². The zero-order chi connectivity index (χ0) is 17.3. The number of ether oxygens (including phenoxy) is 1. The van der Waals surface area contributed by atoms with Crippen molar-refractivity contribution in [3.8, 4) is 0 Å². The molecule has 6 heteroatoms. The van der Waals surface area contributed by atoms with Crippen molar-refractivity contribution in [3.63, 3.8) is 0 Å². The summed E-state index contributed by atoms with van der Waals surface area (Å²) in [7, 11) is -2.50. The molecule has 128 valence electrons. The Morgan fingerprint density at radius 1 is 1.09 bits per heavy atom. The van der Waals surface area contributed by atoms with Gasteiger partial charge in [0, 0.05) is 0 Å². The Morgan fingerprint density at radius 2 is 1.61 bits per heavy atom. The summed E-state index contributed by atoms with van der Waals surface area (Å²) in [6.45, 7) is 5.49. The Labute approximate surface area is 138 Å². The normalized spacial score (nSPS) is 17.7. The number of rotatable bonds is 4. The smallest absolute Gasteiger partial charge is 0.327 e. The van der Waals surface area contributed by atoms with Crippen LogP contribution in [0.5, 0.6) is 0 Å². The van der Waals surface area contributed by atoms with Crippen molar-refractivity contribution in [2.24, 2.45) is 0 Å². The molecule has 1 aliphatic carbocycles. The number of benzene rings is 1. The van der Waals surface area contributed by atoms with Crippen molar-refractivity contribution < 1.29 is 17.9 Å². The van der Waals surface area contributed by atoms with E-state index in [1.54, 1.807) is 13.8 Å². The summed E-state index contributed by atoms with van der Waals surface area (Å²) in [5.74, 6) is -0.497. The lowest BCUT2D eigenvalue weighted by molar-refractivity contribution is -0.149. The Morgan fingerprint density at radius 3 is 2.09 bits per heavy atom. The summed E-state index contributed by atoms with van der Waals surface area (Å²) in [6.07, 6.45) is 3.57. The number of sulfonamides is 1. The van der Waals surface area contributed by atoms with E-state index in [4.69, 9.17) is 4.74 Å². The Kier molecular flexibility index (Phi) is 5.16. The molecule has 0 unspecified atom stereocenters. The first-order valence-corrected chi connectivity index (χ1v) is 9.40. The quantitative estimate of drug-likeness (QED) is 0.856. The van der Waals surface area contributed by atoms with E-state index in [1.165, 1.54) is 7.11 Å². The zero-order valence-electron chi connectivity index (χ0n) is 14.2. The molecule has 1 N–H and O–H groups in total. The fraction of sp³-hybridized carbons (Fsp3) is 0.588. The molecule has 0 aliphatic heterocycles. The minimum Gasteiger partial charge on any atom is -0.468 e. The van der Waals surface area contributed by atoms with Crippen LogP contribution in [0, 0.1) is 20.8 Å². The van der Waals surface area contributed by atoms with Crippen LogP contribution in [0.2, 0.25) is 0 Å². The van der Waals surface area contributed by atoms with E-state index in [0.29, 0.717) is 24.0 Å². The van der Waals surface area contributed by atoms with Crippen molar-refractivity contribution in [2.75, 3.05) is 7.11 Å². The number of esters is 1. The van der Waals surface area contributed by atoms with Gasteiger partial charge in [0.15, 0.2) is 0 Å². The van der Waals surface area contributed by atoms with Crippen LogP contribution < -0.4 is 4.72 Å². The van der Waals surface area contributed by atoms with Crippen LogP contribution in [-0.2, 0) is 19.6 Å². The third-order valence-corrected chi connectivity index (χ3v) is 6.33. The number of hydrogen-bond acceptors (Lipinski definition) is 4. The van der Waals surface area contributed by atoms with Crippen LogP contribution in [-0.4, -0.2) is 27.0 Å². The van der Waals surface area contributed by atoms with Gasteiger partial charge in [-0.2, -0.15) is 4.72 Å². The van der Waals surface area contributed by atoms with Crippen LogP contribution in [0.3, 0.4) is 0 Å². The van der Waals surface area contributed by atoms with Crippen molar-refractivity contribution in [2.45, 2.75) is 63.3 Å². The van der Waals surface area contributed by atoms with Gasteiger partial charge in [-0.1, -0.05) is 37.0 Å². The monoisotopic (exact) mass is 339 g/mol. The molecule has 0 bridgehead atoms. The molecule has 0 atom stereocenters. The minimum atomic E-state index is -3.80. The maximum absolute atomic E-state index is 13.0. The summed E-state index contributed by atoms with van der Waals surface area (Å²) in [5, 5.41) is 0. The maximum Gasteiger partial charge on any atom is 0.327 e. The highest BCUT2D eigenvalue weighted by Crippen LogP contribution is 2.32. The lowest BCUT2D eigenvalue weighted by Gasteiger charge is -2.35. The van der Waals surface area contributed by atoms with E-state index in [9.17, 15) is 13.2 Å². The fourth-order valence-corrected chi connectivity index (χ4v) is 5.47. The molecule has 0 aromatic heterocycles. The largest absolute Gasteiger partial charge is 0.468 e. The predicted molar refractivity (Wildman–Crippen MR) is 88.8 cm³/mol. The molecular formula is C17H25NO4S. The highest BCUT2D eigenvalue weighted by Gasteiger charge is 2.44. The van der Waals surface area contributed by atoms with Crippen molar-refractivity contribution in [1.82, 2.24) is 4.72 Å². The standard InChI is InChI=1S/C17H25NO4S/c1-12-10-13(2)15(14(3)11-12)23(20,21)18-17(16(19)22-4)8-6-5-7-9-17/h10-11,18H,5-9H2,1-4H3. The lowest BCUT2D eigenvalue weighted by atomic mass is 9.83. The molecule has 0 spiro atoms. The molecule has 0 radical (unpaired) electrons. The number of hydrogen-bond donors (Lipinski definition) is 1. The summed E-state index contributed by atoms with van der Waals surface area (Å²) in [6, 6.07) is 3.68. The average Bonchev–Trinajstić information content (AvgIpc) is 2.45. The predicted octanol–water partition coefficient (Wildman–Crippen LogP) is 2.77. The maximum atomic E-state index is 13.0. The van der Waals surface area contributed by atoms with Gasteiger partial charge in [-0.15, -0.1) is 0 Å². The number of carbonyl (C=O) groups is 1. The average molecular weight is 339 g/mol. The third kappa shape index (κ3) is 3.58. The second kappa shape index (κ2) is 6.61. The highest BCUT2D eigenvalue weighted by atomic mass is 32.2. The number of methoxy groups -OCH3 is 1. The van der Waals surface area contributed by atoms with Crippen molar-refractivity contribution in [3.05, 3.63) is 28.8 Å². The van der Waals surface area contributed by atoms with Crippen LogP contribution in [0.15, 0.2) is 17.0 Å². The molecule has 0 amide bonds. The van der Waals surface area contributed by atoms with Gasteiger partial charge in [0.2, 0.25) is 10.0 Å². The Bertz CT molecular complexity index is 680. The van der Waals surface area contributed by atoms with E-state index < -0.39 is 21.5 Å². The highest BCUT2D eigenvalue weighted by molar-refractivity contribution is 7.89. The van der Waals surface area contributed by atoms with Gasteiger partial charge >= 0.3 is 5.97 Å². The van der Waals surface area contributed by atoms with Crippen LogP contribution in [0.25, 0.3) is 0 Å². The van der Waals surface area contributed by atoms with Crippen LogP contribution in [0.1, 0.15) is 48.8 Å². The van der Waals surface area contributed by atoms with Gasteiger partial charge in [0.1, 0.15) is 5.54 Å². The second-order valence-electron chi connectivity index (χ2n) is 6.47. The molecule has 1 aliphatic rings. The molecule has 1 aromatic rings. The third-order valence-electron chi connectivity index (χ3n) is 4.49. The summed E-state index contributed by atoms with van der Waals surface area (Å²) < 4.78 is 33.5. The lowest BCUT2D eigenvalue weighted by Crippen LogP contribution is -2.56. The van der Waals surface area contributed by atoms with Gasteiger partial charge < -0.3 is 4.74 Å². The number of carbonyl (C=O) groups excluding carboxylic acids is 1. The second-order valence-corrected chi connectivity index (χ2v) is 8.09. The topological polar surface area (TPSA) is 72.5 Å². The van der Waals surface area contributed by atoms with Crippen molar-refractivity contribution in [1.29, 1.82) is 0 Å². The summed E-state index contributed by atoms with van der Waals surface area (Å²) in [4.78, 5) is 12.5. The molecule has 1 aromatic carbocycles. The van der Waals surface area contributed by atoms with E-state index in [-0.39, 0.29) is 4.90 Å². The molecule has 1 fully saturated rings. The number of nitrogens with one attached hydrogen (secondary N) is 1. The number of aryl methyl sites for hydroxylation is 3. The molecule has 2 rings (SSSR count). The molecule has 0 heterocycles. The first kappa shape index (κ1) is 17.9. The van der Waals surface area contributed by atoms with Crippen LogP contribution in [0.4, 0.5) is 0 Å². The SMILES string of the molecule is COC(=O)C1(NS(=O)(=O)c2c(C)cc(C)cc2C)CCCCC1. The molecule has 23 heavy (non-hydrogen) atoms. The van der Waals surface area contributed by atoms with Gasteiger partial charge in [-0.25, -0.2) is 8.42 Å². The fourth-order valence-electron chi connectivity index (χ4n) is 3.60. The zero-order valence-corrected chi connectivity index (χ0v) is 15.0. The molecule has 5 nitrogen and oxygen atoms in total. The summed E-state index contributed by atoms with van der Waals surface area (Å²) >= 11 is 0. The van der Waals surface area contributed by atoms with Gasteiger partial charge in [0.25, 0.3) is 0 Å². The van der Waals surface area contributed by atoms with Gasteiger partial charge in [0.05, 0.1) is 12.0 Å². The van der Waals surface area contributed by atoms with E-state index in [1.807, 2.05) is 19.1 Å². The molecular weight excluding hydrogens is 314 g/mol. The minimum absolute atomic E-state index is 0.261. The first-order chi connectivity index (χ1) is 10.7. The van der Waals surface area contributed by atoms with E-state index in [2.05, 4.69) is 4.72 Å². The first-order valence-electron chi connectivity index (χ1n) is 7.92.